The molecule has 3 fully saturated rings. The summed E-state index contributed by atoms with van der Waals surface area (Å²) in [6.07, 6.45) is 4.86. The van der Waals surface area contributed by atoms with E-state index >= 15 is 0 Å². The SMILES string of the molecule is CC1CC2(C1)OCC1(CC1)CO2. The molecule has 1 heterocycles. The van der Waals surface area contributed by atoms with Gasteiger partial charge in [-0.15, -0.1) is 0 Å². The third kappa shape index (κ3) is 0.944. The molecule has 0 aromatic heterocycles. The molecule has 68 valence electrons. The molecule has 0 radical (unpaired) electrons. The zero-order valence-electron chi connectivity index (χ0n) is 7.64. The van der Waals surface area contributed by atoms with Crippen LogP contribution in [-0.4, -0.2) is 19.0 Å². The summed E-state index contributed by atoms with van der Waals surface area (Å²) in [4.78, 5) is 0. The van der Waals surface area contributed by atoms with E-state index in [1.165, 1.54) is 12.8 Å². The predicted molar refractivity (Wildman–Crippen MR) is 44.7 cm³/mol. The first-order valence-electron chi connectivity index (χ1n) is 5.00. The van der Waals surface area contributed by atoms with Crippen LogP contribution in [0.4, 0.5) is 0 Å². The Bertz CT molecular complexity index is 190. The monoisotopic (exact) mass is 168 g/mol. The number of rotatable bonds is 0. The van der Waals surface area contributed by atoms with Gasteiger partial charge in [0.25, 0.3) is 0 Å². The zero-order chi connectivity index (χ0) is 8.23. The van der Waals surface area contributed by atoms with Gasteiger partial charge in [-0.2, -0.15) is 0 Å². The van der Waals surface area contributed by atoms with Crippen molar-refractivity contribution in [3.05, 3.63) is 0 Å². The first-order chi connectivity index (χ1) is 5.72. The van der Waals surface area contributed by atoms with Gasteiger partial charge < -0.3 is 9.47 Å². The van der Waals surface area contributed by atoms with E-state index in [1.807, 2.05) is 0 Å². The largest absolute Gasteiger partial charge is 0.349 e. The summed E-state index contributed by atoms with van der Waals surface area (Å²) in [5.74, 6) is 0.672. The molecule has 2 nitrogen and oxygen atoms in total. The molecule has 1 aliphatic heterocycles. The van der Waals surface area contributed by atoms with Gasteiger partial charge in [-0.1, -0.05) is 6.92 Å². The Morgan fingerprint density at radius 1 is 1.08 bits per heavy atom. The summed E-state index contributed by atoms with van der Waals surface area (Å²) in [6.45, 7) is 4.18. The Kier molecular flexibility index (Phi) is 1.25. The Balaban J connectivity index is 1.64. The van der Waals surface area contributed by atoms with Gasteiger partial charge in [0.1, 0.15) is 0 Å². The molecule has 2 aliphatic carbocycles. The minimum atomic E-state index is -0.132. The van der Waals surface area contributed by atoms with Crippen molar-refractivity contribution >= 4 is 0 Å². The lowest BCUT2D eigenvalue weighted by molar-refractivity contribution is -0.334. The molecule has 0 N–H and O–H groups in total. The van der Waals surface area contributed by atoms with E-state index in [0.29, 0.717) is 5.41 Å². The van der Waals surface area contributed by atoms with Gasteiger partial charge in [0, 0.05) is 18.3 Å². The molecule has 1 saturated heterocycles. The van der Waals surface area contributed by atoms with Crippen molar-refractivity contribution in [2.24, 2.45) is 11.3 Å². The predicted octanol–water partition coefficient (Wildman–Crippen LogP) is 1.94. The highest BCUT2D eigenvalue weighted by molar-refractivity contribution is 4.99. The third-order valence-electron chi connectivity index (χ3n) is 3.56. The van der Waals surface area contributed by atoms with Crippen LogP contribution in [0.5, 0.6) is 0 Å². The van der Waals surface area contributed by atoms with Gasteiger partial charge >= 0.3 is 0 Å². The lowest BCUT2D eigenvalue weighted by Crippen LogP contribution is -2.53. The highest BCUT2D eigenvalue weighted by Gasteiger charge is 2.55. The van der Waals surface area contributed by atoms with Crippen LogP contribution in [0.3, 0.4) is 0 Å². The lowest BCUT2D eigenvalue weighted by atomic mass is 9.79. The molecule has 2 saturated carbocycles. The highest BCUT2D eigenvalue weighted by Crippen LogP contribution is 2.54. The maximum atomic E-state index is 5.83. The molecule has 3 aliphatic rings. The standard InChI is InChI=1S/C10H16O2/c1-8-4-10(5-8)11-6-9(2-3-9)7-12-10/h8H,2-7H2,1H3. The van der Waals surface area contributed by atoms with Gasteiger partial charge in [-0.05, 0) is 18.8 Å². The van der Waals surface area contributed by atoms with Crippen LogP contribution in [-0.2, 0) is 9.47 Å². The molecule has 3 rings (SSSR count). The van der Waals surface area contributed by atoms with Crippen molar-refractivity contribution in [1.82, 2.24) is 0 Å². The quantitative estimate of drug-likeness (QED) is 0.550. The van der Waals surface area contributed by atoms with Crippen molar-refractivity contribution in [2.45, 2.75) is 38.4 Å². The summed E-state index contributed by atoms with van der Waals surface area (Å²) in [5, 5.41) is 0. The Labute approximate surface area is 73.2 Å². The highest BCUT2D eigenvalue weighted by atomic mass is 16.7. The first-order valence-corrected chi connectivity index (χ1v) is 5.00. The van der Waals surface area contributed by atoms with Crippen LogP contribution in [0.1, 0.15) is 32.6 Å². The second kappa shape index (κ2) is 2.05. The van der Waals surface area contributed by atoms with Gasteiger partial charge in [0.2, 0.25) is 0 Å². The van der Waals surface area contributed by atoms with E-state index in [4.69, 9.17) is 9.47 Å². The molecular formula is C10H16O2. The normalized spacial score (nSPS) is 36.8. The van der Waals surface area contributed by atoms with E-state index in [9.17, 15) is 0 Å². The van der Waals surface area contributed by atoms with Crippen LogP contribution in [0.2, 0.25) is 0 Å². The molecule has 12 heavy (non-hydrogen) atoms. The summed E-state index contributed by atoms with van der Waals surface area (Å²) in [5.41, 5.74) is 0.462. The van der Waals surface area contributed by atoms with Crippen LogP contribution in [0.15, 0.2) is 0 Å². The molecule has 2 spiro atoms. The summed E-state index contributed by atoms with van der Waals surface area (Å²) in [6, 6.07) is 0. The molecule has 0 aromatic carbocycles. The molecule has 0 unspecified atom stereocenters. The molecule has 2 heteroatoms. The van der Waals surface area contributed by atoms with Crippen LogP contribution >= 0.6 is 0 Å². The Morgan fingerprint density at radius 3 is 2.08 bits per heavy atom. The second-order valence-electron chi connectivity index (χ2n) is 5.00. The summed E-state index contributed by atoms with van der Waals surface area (Å²) < 4.78 is 11.7. The maximum Gasteiger partial charge on any atom is 0.168 e. The molecule has 0 atom stereocenters. The van der Waals surface area contributed by atoms with Gasteiger partial charge in [0.15, 0.2) is 5.79 Å². The third-order valence-corrected chi connectivity index (χ3v) is 3.56. The van der Waals surface area contributed by atoms with Gasteiger partial charge in [0.05, 0.1) is 13.2 Å². The smallest absolute Gasteiger partial charge is 0.168 e. The van der Waals surface area contributed by atoms with Gasteiger partial charge in [-0.3, -0.25) is 0 Å². The average Bonchev–Trinajstić information content (AvgIpc) is 2.74. The van der Waals surface area contributed by atoms with Crippen molar-refractivity contribution < 1.29 is 9.47 Å². The van der Waals surface area contributed by atoms with E-state index < -0.39 is 0 Å². The number of hydrogen-bond donors (Lipinski definition) is 0. The Hall–Kier alpha value is -0.0800. The second-order valence-corrected chi connectivity index (χ2v) is 5.00. The summed E-state index contributed by atoms with van der Waals surface area (Å²) >= 11 is 0. The van der Waals surface area contributed by atoms with E-state index in [2.05, 4.69) is 6.92 Å². The Morgan fingerprint density at radius 2 is 1.67 bits per heavy atom. The number of hydrogen-bond acceptors (Lipinski definition) is 2. The molecular weight excluding hydrogens is 152 g/mol. The van der Waals surface area contributed by atoms with Crippen LogP contribution in [0, 0.1) is 11.3 Å². The van der Waals surface area contributed by atoms with E-state index in [-0.39, 0.29) is 5.79 Å². The first kappa shape index (κ1) is 7.34. The molecule has 0 aromatic rings. The summed E-state index contributed by atoms with van der Waals surface area (Å²) in [7, 11) is 0. The van der Waals surface area contributed by atoms with Crippen molar-refractivity contribution in [1.29, 1.82) is 0 Å². The fourth-order valence-corrected chi connectivity index (χ4v) is 2.36. The topological polar surface area (TPSA) is 18.5 Å². The minimum Gasteiger partial charge on any atom is -0.349 e. The van der Waals surface area contributed by atoms with Crippen molar-refractivity contribution in [3.63, 3.8) is 0 Å². The van der Waals surface area contributed by atoms with E-state index in [1.54, 1.807) is 0 Å². The average molecular weight is 168 g/mol. The van der Waals surface area contributed by atoms with Gasteiger partial charge in [-0.25, -0.2) is 0 Å². The molecule has 0 amide bonds. The fourth-order valence-electron chi connectivity index (χ4n) is 2.36. The molecule has 0 bridgehead atoms. The zero-order valence-corrected chi connectivity index (χ0v) is 7.64. The van der Waals surface area contributed by atoms with Crippen LogP contribution in [0.25, 0.3) is 0 Å². The number of ether oxygens (including phenoxy) is 2. The maximum absolute atomic E-state index is 5.83. The fraction of sp³-hybridized carbons (Fsp3) is 1.00. The van der Waals surface area contributed by atoms with Crippen LogP contribution < -0.4 is 0 Å². The lowest BCUT2D eigenvalue weighted by Gasteiger charge is -2.49. The van der Waals surface area contributed by atoms with E-state index in [0.717, 1.165) is 32.0 Å². The van der Waals surface area contributed by atoms with Crippen molar-refractivity contribution in [3.8, 4) is 0 Å². The van der Waals surface area contributed by atoms with Crippen molar-refractivity contribution in [2.75, 3.05) is 13.2 Å². The minimum absolute atomic E-state index is 0.132.